The van der Waals surface area contributed by atoms with E-state index < -0.39 is 0 Å². The zero-order valence-electron chi connectivity index (χ0n) is 12.9. The number of nitrogens with one attached hydrogen (secondary N) is 1. The van der Waals surface area contributed by atoms with E-state index in [-0.39, 0.29) is 6.10 Å². The van der Waals surface area contributed by atoms with Gasteiger partial charge in [0.2, 0.25) is 0 Å². The van der Waals surface area contributed by atoms with Crippen LogP contribution in [0.25, 0.3) is 0 Å². The number of benzene rings is 1. The molecule has 1 aromatic rings. The first-order valence-corrected chi connectivity index (χ1v) is 7.83. The van der Waals surface area contributed by atoms with Crippen LogP contribution in [-0.4, -0.2) is 33.9 Å². The van der Waals surface area contributed by atoms with Crippen molar-refractivity contribution in [3.8, 4) is 11.5 Å². The third-order valence-corrected chi connectivity index (χ3v) is 4.31. The molecule has 2 unspecified atom stereocenters. The minimum Gasteiger partial charge on any atom is -0.493 e. The Bertz CT molecular complexity index is 467. The van der Waals surface area contributed by atoms with E-state index in [1.165, 1.54) is 0 Å². The molecule has 0 amide bonds. The average molecular weight is 314 g/mol. The van der Waals surface area contributed by atoms with Gasteiger partial charge in [-0.05, 0) is 25.5 Å². The van der Waals surface area contributed by atoms with Crippen molar-refractivity contribution < 1.29 is 14.2 Å². The number of hydrogen-bond donors (Lipinski definition) is 1. The Kier molecular flexibility index (Phi) is 6.15. The van der Waals surface area contributed by atoms with Crippen molar-refractivity contribution >= 4 is 11.6 Å². The molecule has 0 spiro atoms. The van der Waals surface area contributed by atoms with E-state index in [0.29, 0.717) is 22.4 Å². The quantitative estimate of drug-likeness (QED) is 0.873. The lowest BCUT2D eigenvalue weighted by molar-refractivity contribution is -0.0276. The molecule has 1 aromatic carbocycles. The maximum Gasteiger partial charge on any atom is 0.179 e. The fourth-order valence-electron chi connectivity index (χ4n) is 2.85. The molecule has 1 heterocycles. The van der Waals surface area contributed by atoms with E-state index in [2.05, 4.69) is 12.2 Å². The Morgan fingerprint density at radius 1 is 1.33 bits per heavy atom. The first-order valence-electron chi connectivity index (χ1n) is 7.45. The van der Waals surface area contributed by atoms with Crippen LogP contribution in [0.1, 0.15) is 31.4 Å². The van der Waals surface area contributed by atoms with E-state index in [1.54, 1.807) is 14.2 Å². The molecule has 0 radical (unpaired) electrons. The normalized spacial score (nSPS) is 22.1. The molecule has 0 aliphatic carbocycles. The molecular weight excluding hydrogens is 290 g/mol. The van der Waals surface area contributed by atoms with Crippen LogP contribution in [0.15, 0.2) is 12.1 Å². The number of rotatable bonds is 6. The van der Waals surface area contributed by atoms with E-state index in [4.69, 9.17) is 25.8 Å². The summed E-state index contributed by atoms with van der Waals surface area (Å²) in [4.78, 5) is 0. The summed E-state index contributed by atoms with van der Waals surface area (Å²) in [6.07, 6.45) is 2.24. The Labute approximate surface area is 131 Å². The van der Waals surface area contributed by atoms with Crippen molar-refractivity contribution in [2.24, 2.45) is 5.92 Å². The monoisotopic (exact) mass is 313 g/mol. The molecule has 5 heteroatoms. The van der Waals surface area contributed by atoms with Crippen molar-refractivity contribution in [1.29, 1.82) is 0 Å². The van der Waals surface area contributed by atoms with Crippen LogP contribution >= 0.6 is 11.6 Å². The highest BCUT2D eigenvalue weighted by atomic mass is 35.5. The third-order valence-electron chi connectivity index (χ3n) is 3.92. The number of hydrogen-bond acceptors (Lipinski definition) is 4. The molecule has 0 bridgehead atoms. The molecule has 2 atom stereocenters. The Morgan fingerprint density at radius 2 is 2.14 bits per heavy atom. The molecule has 1 N–H and O–H groups in total. The number of methoxy groups -OCH3 is 2. The highest BCUT2D eigenvalue weighted by Gasteiger charge is 2.30. The van der Waals surface area contributed by atoms with Gasteiger partial charge in [-0.2, -0.15) is 0 Å². The smallest absolute Gasteiger partial charge is 0.179 e. The average Bonchev–Trinajstić information content (AvgIpc) is 2.53. The van der Waals surface area contributed by atoms with Crippen molar-refractivity contribution in [2.45, 2.75) is 25.9 Å². The first kappa shape index (κ1) is 16.4. The van der Waals surface area contributed by atoms with Gasteiger partial charge in [0.05, 0.1) is 25.3 Å². The van der Waals surface area contributed by atoms with Crippen LogP contribution in [0.5, 0.6) is 11.5 Å². The molecular formula is C16H24ClNO3. The van der Waals surface area contributed by atoms with Crippen LogP contribution in [0.4, 0.5) is 0 Å². The fourth-order valence-corrected chi connectivity index (χ4v) is 3.19. The largest absolute Gasteiger partial charge is 0.493 e. The minimum absolute atomic E-state index is 0.00473. The van der Waals surface area contributed by atoms with Crippen molar-refractivity contribution in [3.05, 3.63) is 22.7 Å². The summed E-state index contributed by atoms with van der Waals surface area (Å²) in [6.45, 7) is 4.79. The summed E-state index contributed by atoms with van der Waals surface area (Å²) in [5.41, 5.74) is 0.983. The molecule has 21 heavy (non-hydrogen) atoms. The Hall–Kier alpha value is -0.970. The van der Waals surface area contributed by atoms with Crippen LogP contribution in [0.2, 0.25) is 5.02 Å². The standard InChI is InChI=1S/C16H24ClNO3/c1-4-18-10-11-6-5-9-21-15(11)12-7-8-13(19-2)16(20-3)14(12)17/h7-8,11,15,18H,4-6,9-10H2,1-3H3. The lowest BCUT2D eigenvalue weighted by Gasteiger charge is -2.33. The minimum atomic E-state index is 0.00473. The lowest BCUT2D eigenvalue weighted by atomic mass is 9.89. The van der Waals surface area contributed by atoms with E-state index in [1.807, 2.05) is 12.1 Å². The van der Waals surface area contributed by atoms with Gasteiger partial charge < -0.3 is 19.5 Å². The molecule has 1 aliphatic heterocycles. The molecule has 0 aromatic heterocycles. The summed E-state index contributed by atoms with van der Waals surface area (Å²) < 4.78 is 16.7. The number of halogens is 1. The zero-order chi connectivity index (χ0) is 15.2. The van der Waals surface area contributed by atoms with Gasteiger partial charge >= 0.3 is 0 Å². The molecule has 1 fully saturated rings. The predicted molar refractivity (Wildman–Crippen MR) is 84.5 cm³/mol. The van der Waals surface area contributed by atoms with Crippen molar-refractivity contribution in [2.75, 3.05) is 33.9 Å². The second-order valence-electron chi connectivity index (χ2n) is 5.21. The molecule has 1 saturated heterocycles. The summed E-state index contributed by atoms with van der Waals surface area (Å²) in [5, 5.41) is 4.00. The van der Waals surface area contributed by atoms with Crippen molar-refractivity contribution in [3.63, 3.8) is 0 Å². The van der Waals surface area contributed by atoms with Crippen LogP contribution in [-0.2, 0) is 4.74 Å². The van der Waals surface area contributed by atoms with Gasteiger partial charge in [-0.25, -0.2) is 0 Å². The Morgan fingerprint density at radius 3 is 2.81 bits per heavy atom. The fraction of sp³-hybridized carbons (Fsp3) is 0.625. The first-order chi connectivity index (χ1) is 10.2. The molecule has 1 aliphatic rings. The molecule has 118 valence electrons. The molecule has 2 rings (SSSR count). The van der Waals surface area contributed by atoms with Gasteiger partial charge in [-0.15, -0.1) is 0 Å². The maximum absolute atomic E-state index is 6.52. The van der Waals surface area contributed by atoms with Gasteiger partial charge in [0.25, 0.3) is 0 Å². The van der Waals surface area contributed by atoms with Gasteiger partial charge in [-0.3, -0.25) is 0 Å². The SMILES string of the molecule is CCNCC1CCCOC1c1ccc(OC)c(OC)c1Cl. The maximum atomic E-state index is 6.52. The third kappa shape index (κ3) is 3.62. The summed E-state index contributed by atoms with van der Waals surface area (Å²) in [5.74, 6) is 1.65. The van der Waals surface area contributed by atoms with Gasteiger partial charge in [0.15, 0.2) is 11.5 Å². The summed E-state index contributed by atoms with van der Waals surface area (Å²) >= 11 is 6.52. The zero-order valence-corrected chi connectivity index (χ0v) is 13.7. The van der Waals surface area contributed by atoms with Gasteiger partial charge in [-0.1, -0.05) is 24.6 Å². The van der Waals surface area contributed by atoms with Gasteiger partial charge in [0, 0.05) is 24.6 Å². The molecule has 0 saturated carbocycles. The van der Waals surface area contributed by atoms with Crippen LogP contribution in [0.3, 0.4) is 0 Å². The van der Waals surface area contributed by atoms with Crippen molar-refractivity contribution in [1.82, 2.24) is 5.32 Å². The highest BCUT2D eigenvalue weighted by molar-refractivity contribution is 6.33. The molecule has 4 nitrogen and oxygen atoms in total. The van der Waals surface area contributed by atoms with Crippen LogP contribution < -0.4 is 14.8 Å². The number of ether oxygens (including phenoxy) is 3. The second kappa shape index (κ2) is 7.87. The highest BCUT2D eigenvalue weighted by Crippen LogP contribution is 2.44. The summed E-state index contributed by atoms with van der Waals surface area (Å²) in [6, 6.07) is 3.88. The predicted octanol–water partition coefficient (Wildman–Crippen LogP) is 3.43. The van der Waals surface area contributed by atoms with Crippen LogP contribution in [0, 0.1) is 5.92 Å². The lowest BCUT2D eigenvalue weighted by Crippen LogP contribution is -2.32. The van der Waals surface area contributed by atoms with E-state index >= 15 is 0 Å². The van der Waals surface area contributed by atoms with E-state index in [0.717, 1.165) is 38.1 Å². The second-order valence-corrected chi connectivity index (χ2v) is 5.58. The topological polar surface area (TPSA) is 39.7 Å². The van der Waals surface area contributed by atoms with Gasteiger partial charge in [0.1, 0.15) is 0 Å². The Balaban J connectivity index is 2.30. The van der Waals surface area contributed by atoms with E-state index in [9.17, 15) is 0 Å². The summed E-state index contributed by atoms with van der Waals surface area (Å²) in [7, 11) is 3.21.